The van der Waals surface area contributed by atoms with E-state index in [4.69, 9.17) is 0 Å². The van der Waals surface area contributed by atoms with E-state index >= 15 is 0 Å². The van der Waals surface area contributed by atoms with Crippen LogP contribution in [0.4, 0.5) is 5.69 Å². The van der Waals surface area contributed by atoms with Crippen molar-refractivity contribution in [3.63, 3.8) is 0 Å². The first-order valence-electron chi connectivity index (χ1n) is 5.93. The molecule has 2 aromatic carbocycles. The summed E-state index contributed by atoms with van der Waals surface area (Å²) in [5.41, 5.74) is 0.803. The topological polar surface area (TPSA) is 37.4 Å². The SMILES string of the molecule is CN(C(=O)CS(=O)c1ccccc1)c1ccccc1. The summed E-state index contributed by atoms with van der Waals surface area (Å²) in [5.74, 6) is -0.163. The minimum Gasteiger partial charge on any atom is -0.315 e. The number of hydrogen-bond acceptors (Lipinski definition) is 2. The van der Waals surface area contributed by atoms with Crippen LogP contribution in [0.25, 0.3) is 0 Å². The zero-order valence-electron chi connectivity index (χ0n) is 10.7. The van der Waals surface area contributed by atoms with Crippen LogP contribution in [0.3, 0.4) is 0 Å². The van der Waals surface area contributed by atoms with Crippen molar-refractivity contribution in [3.8, 4) is 0 Å². The number of benzene rings is 2. The molecule has 19 heavy (non-hydrogen) atoms. The smallest absolute Gasteiger partial charge is 0.239 e. The monoisotopic (exact) mass is 273 g/mol. The maximum atomic E-state index is 12.1. The van der Waals surface area contributed by atoms with E-state index in [0.717, 1.165) is 5.69 Å². The van der Waals surface area contributed by atoms with Crippen LogP contribution in [0, 0.1) is 0 Å². The van der Waals surface area contributed by atoms with E-state index in [0.29, 0.717) is 4.90 Å². The molecule has 1 unspecified atom stereocenters. The molecule has 0 heterocycles. The van der Waals surface area contributed by atoms with Gasteiger partial charge in [0.25, 0.3) is 0 Å². The second-order valence-electron chi connectivity index (χ2n) is 4.09. The van der Waals surface area contributed by atoms with Crippen LogP contribution >= 0.6 is 0 Å². The summed E-state index contributed by atoms with van der Waals surface area (Å²) in [4.78, 5) is 14.3. The Balaban J connectivity index is 2.04. The van der Waals surface area contributed by atoms with Gasteiger partial charge in [-0.05, 0) is 24.3 Å². The fourth-order valence-corrected chi connectivity index (χ4v) is 2.71. The summed E-state index contributed by atoms with van der Waals surface area (Å²) in [7, 11) is 0.395. The Morgan fingerprint density at radius 3 is 2.11 bits per heavy atom. The Morgan fingerprint density at radius 1 is 1.00 bits per heavy atom. The highest BCUT2D eigenvalue weighted by Crippen LogP contribution is 2.13. The van der Waals surface area contributed by atoms with Gasteiger partial charge in [0.15, 0.2) is 0 Å². The van der Waals surface area contributed by atoms with Crippen LogP contribution in [0.5, 0.6) is 0 Å². The van der Waals surface area contributed by atoms with Crippen LogP contribution in [-0.4, -0.2) is 22.9 Å². The number of rotatable bonds is 4. The summed E-state index contributed by atoms with van der Waals surface area (Å²) < 4.78 is 12.1. The van der Waals surface area contributed by atoms with Gasteiger partial charge < -0.3 is 4.90 Å². The quantitative estimate of drug-likeness (QED) is 0.858. The van der Waals surface area contributed by atoms with Crippen molar-refractivity contribution in [3.05, 3.63) is 60.7 Å². The molecule has 2 rings (SSSR count). The molecule has 2 aromatic rings. The second-order valence-corrected chi connectivity index (χ2v) is 5.54. The van der Waals surface area contributed by atoms with Gasteiger partial charge >= 0.3 is 0 Å². The molecule has 0 saturated carbocycles. The average molecular weight is 273 g/mol. The zero-order chi connectivity index (χ0) is 13.7. The molecule has 1 atom stereocenters. The van der Waals surface area contributed by atoms with Gasteiger partial charge in [-0.3, -0.25) is 9.00 Å². The van der Waals surface area contributed by atoms with Crippen molar-refractivity contribution in [2.75, 3.05) is 17.7 Å². The number of para-hydroxylation sites is 1. The molecular formula is C15H15NO2S. The first-order valence-corrected chi connectivity index (χ1v) is 7.25. The van der Waals surface area contributed by atoms with Crippen molar-refractivity contribution >= 4 is 22.4 Å². The lowest BCUT2D eigenvalue weighted by molar-refractivity contribution is -0.115. The highest BCUT2D eigenvalue weighted by atomic mass is 32.2. The Labute approximate surface area is 115 Å². The third kappa shape index (κ3) is 3.51. The maximum Gasteiger partial charge on any atom is 0.239 e. The lowest BCUT2D eigenvalue weighted by atomic mass is 10.3. The summed E-state index contributed by atoms with van der Waals surface area (Å²) in [6.45, 7) is 0. The molecule has 0 spiro atoms. The Kier molecular flexibility index (Phi) is 4.47. The molecule has 3 nitrogen and oxygen atoms in total. The van der Waals surface area contributed by atoms with Gasteiger partial charge in [0.05, 0.1) is 10.8 Å². The van der Waals surface area contributed by atoms with Gasteiger partial charge in [-0.2, -0.15) is 0 Å². The molecule has 98 valence electrons. The van der Waals surface area contributed by atoms with E-state index in [-0.39, 0.29) is 11.7 Å². The Bertz CT molecular complexity index is 569. The predicted molar refractivity (Wildman–Crippen MR) is 77.6 cm³/mol. The maximum absolute atomic E-state index is 12.1. The number of anilines is 1. The lowest BCUT2D eigenvalue weighted by Crippen LogP contribution is -2.30. The predicted octanol–water partition coefficient (Wildman–Crippen LogP) is 2.46. The number of hydrogen-bond donors (Lipinski definition) is 0. The minimum atomic E-state index is -1.30. The van der Waals surface area contributed by atoms with Gasteiger partial charge in [0, 0.05) is 17.6 Å². The summed E-state index contributed by atoms with van der Waals surface area (Å²) in [6, 6.07) is 18.4. The van der Waals surface area contributed by atoms with Crippen LogP contribution in [0.2, 0.25) is 0 Å². The molecule has 0 aromatic heterocycles. The van der Waals surface area contributed by atoms with E-state index in [1.807, 2.05) is 48.5 Å². The number of amides is 1. The van der Waals surface area contributed by atoms with Crippen LogP contribution in [-0.2, 0) is 15.6 Å². The first kappa shape index (κ1) is 13.5. The van der Waals surface area contributed by atoms with Gasteiger partial charge in [-0.1, -0.05) is 36.4 Å². The number of carbonyl (C=O) groups excluding carboxylic acids is 1. The standard InChI is InChI=1S/C15H15NO2S/c1-16(13-8-4-2-5-9-13)15(17)12-19(18)14-10-6-3-7-11-14/h2-11H,12H2,1H3. The van der Waals surface area contributed by atoms with Crippen molar-refractivity contribution in [2.45, 2.75) is 4.90 Å². The molecule has 0 radical (unpaired) electrons. The lowest BCUT2D eigenvalue weighted by Gasteiger charge is -2.16. The minimum absolute atomic E-state index is 0.00456. The van der Waals surface area contributed by atoms with Gasteiger partial charge in [-0.25, -0.2) is 0 Å². The van der Waals surface area contributed by atoms with Gasteiger partial charge in [0.2, 0.25) is 5.91 Å². The molecule has 0 saturated heterocycles. The molecular weight excluding hydrogens is 258 g/mol. The van der Waals surface area contributed by atoms with E-state index in [9.17, 15) is 9.00 Å². The van der Waals surface area contributed by atoms with E-state index < -0.39 is 10.8 Å². The number of carbonyl (C=O) groups is 1. The molecule has 0 aliphatic carbocycles. The van der Waals surface area contributed by atoms with Crippen molar-refractivity contribution in [1.82, 2.24) is 0 Å². The number of nitrogens with zero attached hydrogens (tertiary/aromatic N) is 1. The third-order valence-corrected chi connectivity index (χ3v) is 4.09. The largest absolute Gasteiger partial charge is 0.315 e. The normalized spacial score (nSPS) is 11.8. The Hall–Kier alpha value is -1.94. The summed E-state index contributed by atoms with van der Waals surface area (Å²) in [5, 5.41) is 0. The summed E-state index contributed by atoms with van der Waals surface area (Å²) in [6.07, 6.45) is 0. The van der Waals surface area contributed by atoms with Gasteiger partial charge in [0.1, 0.15) is 5.75 Å². The molecule has 1 amide bonds. The van der Waals surface area contributed by atoms with Crippen LogP contribution in [0.15, 0.2) is 65.6 Å². The molecule has 0 aliphatic heterocycles. The van der Waals surface area contributed by atoms with Crippen LogP contribution in [0.1, 0.15) is 0 Å². The fourth-order valence-electron chi connectivity index (χ4n) is 1.66. The highest BCUT2D eigenvalue weighted by Gasteiger charge is 2.15. The van der Waals surface area contributed by atoms with Crippen LogP contribution < -0.4 is 4.90 Å². The van der Waals surface area contributed by atoms with E-state index in [1.165, 1.54) is 4.90 Å². The molecule has 4 heteroatoms. The first-order chi connectivity index (χ1) is 9.18. The summed E-state index contributed by atoms with van der Waals surface area (Å²) >= 11 is 0. The highest BCUT2D eigenvalue weighted by molar-refractivity contribution is 7.85. The van der Waals surface area contributed by atoms with Crippen molar-refractivity contribution < 1.29 is 9.00 Å². The van der Waals surface area contributed by atoms with Crippen molar-refractivity contribution in [1.29, 1.82) is 0 Å². The molecule has 0 fully saturated rings. The van der Waals surface area contributed by atoms with Gasteiger partial charge in [-0.15, -0.1) is 0 Å². The fraction of sp³-hybridized carbons (Fsp3) is 0.133. The van der Waals surface area contributed by atoms with E-state index in [1.54, 1.807) is 19.2 Å². The second kappa shape index (κ2) is 6.29. The zero-order valence-corrected chi connectivity index (χ0v) is 11.5. The third-order valence-electron chi connectivity index (χ3n) is 2.78. The van der Waals surface area contributed by atoms with E-state index in [2.05, 4.69) is 0 Å². The molecule has 0 N–H and O–H groups in total. The van der Waals surface area contributed by atoms with Crippen molar-refractivity contribution in [2.24, 2.45) is 0 Å². The average Bonchev–Trinajstić information content (AvgIpc) is 2.48. The Morgan fingerprint density at radius 2 is 1.53 bits per heavy atom. The molecule has 0 bridgehead atoms. The molecule has 0 aliphatic rings.